The summed E-state index contributed by atoms with van der Waals surface area (Å²) in [6, 6.07) is 14.4. The van der Waals surface area contributed by atoms with Crippen LogP contribution in [0.15, 0.2) is 74.6 Å². The molecular formula is C18H15BrN2O4S. The van der Waals surface area contributed by atoms with Crippen LogP contribution in [0.4, 0.5) is 11.4 Å². The second-order valence-electron chi connectivity index (χ2n) is 5.53. The van der Waals surface area contributed by atoms with Gasteiger partial charge < -0.3 is 9.73 Å². The Hall–Kier alpha value is -2.58. The van der Waals surface area contributed by atoms with Crippen molar-refractivity contribution in [2.75, 3.05) is 10.0 Å². The number of carbonyl (C=O) groups excluding carboxylic acids is 1. The summed E-state index contributed by atoms with van der Waals surface area (Å²) in [6.45, 7) is 1.81. The standard InChI is InChI=1S/C18H15BrN2O4S/c1-12-10-15(7-8-16(12)19)26(23,24)21-14-5-2-4-13(11-14)20-18(22)17-6-3-9-25-17/h2-11,21H,1H3,(H,20,22). The second kappa shape index (κ2) is 7.35. The van der Waals surface area contributed by atoms with Crippen LogP contribution in [-0.4, -0.2) is 14.3 Å². The van der Waals surface area contributed by atoms with Gasteiger partial charge in [0.15, 0.2) is 5.76 Å². The minimum atomic E-state index is -3.74. The van der Waals surface area contributed by atoms with Crippen LogP contribution in [0.2, 0.25) is 0 Å². The molecule has 3 aromatic rings. The highest BCUT2D eigenvalue weighted by molar-refractivity contribution is 9.10. The molecule has 0 atom stereocenters. The topological polar surface area (TPSA) is 88.4 Å². The van der Waals surface area contributed by atoms with E-state index in [0.29, 0.717) is 11.4 Å². The van der Waals surface area contributed by atoms with Gasteiger partial charge in [0.25, 0.3) is 15.9 Å². The lowest BCUT2D eigenvalue weighted by Gasteiger charge is -2.11. The zero-order chi connectivity index (χ0) is 18.7. The van der Waals surface area contributed by atoms with Crippen molar-refractivity contribution >= 4 is 43.2 Å². The Labute approximate surface area is 159 Å². The Kier molecular flexibility index (Phi) is 5.15. The molecule has 2 N–H and O–H groups in total. The van der Waals surface area contributed by atoms with Crippen molar-refractivity contribution in [3.05, 3.63) is 76.7 Å². The van der Waals surface area contributed by atoms with Gasteiger partial charge in [-0.1, -0.05) is 22.0 Å². The van der Waals surface area contributed by atoms with Gasteiger partial charge in [-0.25, -0.2) is 8.42 Å². The van der Waals surface area contributed by atoms with Gasteiger partial charge in [-0.3, -0.25) is 9.52 Å². The van der Waals surface area contributed by atoms with E-state index in [-0.39, 0.29) is 10.7 Å². The minimum Gasteiger partial charge on any atom is -0.459 e. The van der Waals surface area contributed by atoms with Crippen LogP contribution in [0.25, 0.3) is 0 Å². The van der Waals surface area contributed by atoms with E-state index in [4.69, 9.17) is 4.42 Å². The third-order valence-electron chi connectivity index (χ3n) is 3.56. The minimum absolute atomic E-state index is 0.156. The number of aryl methyl sites for hydroxylation is 1. The van der Waals surface area contributed by atoms with Gasteiger partial charge in [0.05, 0.1) is 16.8 Å². The number of amides is 1. The molecule has 0 unspecified atom stereocenters. The molecule has 26 heavy (non-hydrogen) atoms. The molecule has 3 rings (SSSR count). The van der Waals surface area contributed by atoms with Crippen molar-refractivity contribution in [2.45, 2.75) is 11.8 Å². The van der Waals surface area contributed by atoms with Crippen molar-refractivity contribution in [1.82, 2.24) is 0 Å². The van der Waals surface area contributed by atoms with Crippen LogP contribution in [-0.2, 0) is 10.0 Å². The third-order valence-corrected chi connectivity index (χ3v) is 5.83. The van der Waals surface area contributed by atoms with Gasteiger partial charge in [0.1, 0.15) is 0 Å². The Morgan fingerprint density at radius 1 is 1.04 bits per heavy atom. The number of halogens is 1. The molecule has 0 radical (unpaired) electrons. The molecule has 0 saturated carbocycles. The maximum atomic E-state index is 12.6. The SMILES string of the molecule is Cc1cc(S(=O)(=O)Nc2cccc(NC(=O)c3ccco3)c2)ccc1Br. The number of hydrogen-bond acceptors (Lipinski definition) is 4. The zero-order valence-electron chi connectivity index (χ0n) is 13.7. The first-order valence-electron chi connectivity index (χ1n) is 7.59. The summed E-state index contributed by atoms with van der Waals surface area (Å²) >= 11 is 3.35. The number of anilines is 2. The van der Waals surface area contributed by atoms with Gasteiger partial charge in [0.2, 0.25) is 0 Å². The predicted molar refractivity (Wildman–Crippen MR) is 103 cm³/mol. The first kappa shape index (κ1) is 18.2. The van der Waals surface area contributed by atoms with Gasteiger partial charge in [0, 0.05) is 10.2 Å². The highest BCUT2D eigenvalue weighted by atomic mass is 79.9. The molecule has 0 spiro atoms. The van der Waals surface area contributed by atoms with E-state index in [0.717, 1.165) is 10.0 Å². The number of rotatable bonds is 5. The van der Waals surface area contributed by atoms with Crippen molar-refractivity contribution in [1.29, 1.82) is 0 Å². The monoisotopic (exact) mass is 434 g/mol. The Morgan fingerprint density at radius 2 is 1.81 bits per heavy atom. The highest BCUT2D eigenvalue weighted by Crippen LogP contribution is 2.23. The summed E-state index contributed by atoms with van der Waals surface area (Å²) in [5.41, 5.74) is 1.59. The van der Waals surface area contributed by atoms with Crippen LogP contribution >= 0.6 is 15.9 Å². The van der Waals surface area contributed by atoms with E-state index in [9.17, 15) is 13.2 Å². The Morgan fingerprint density at radius 3 is 2.50 bits per heavy atom. The van der Waals surface area contributed by atoms with Gasteiger partial charge in [-0.2, -0.15) is 0 Å². The Balaban J connectivity index is 1.79. The summed E-state index contributed by atoms with van der Waals surface area (Å²) < 4.78 is 33.5. The molecule has 0 fully saturated rings. The first-order valence-corrected chi connectivity index (χ1v) is 9.87. The van der Waals surface area contributed by atoms with Crippen LogP contribution in [0.5, 0.6) is 0 Å². The number of benzene rings is 2. The van der Waals surface area contributed by atoms with Crippen molar-refractivity contribution < 1.29 is 17.6 Å². The molecule has 1 aromatic heterocycles. The first-order chi connectivity index (χ1) is 12.3. The number of carbonyl (C=O) groups is 1. The lowest BCUT2D eigenvalue weighted by atomic mass is 10.2. The quantitative estimate of drug-likeness (QED) is 0.622. The number of nitrogens with one attached hydrogen (secondary N) is 2. The number of sulfonamides is 1. The fourth-order valence-corrected chi connectivity index (χ4v) is 3.64. The van der Waals surface area contributed by atoms with E-state index < -0.39 is 15.9 Å². The van der Waals surface area contributed by atoms with E-state index in [1.54, 1.807) is 36.4 Å². The number of hydrogen-bond donors (Lipinski definition) is 2. The van der Waals surface area contributed by atoms with Crippen molar-refractivity contribution in [3.8, 4) is 0 Å². The van der Waals surface area contributed by atoms with Crippen LogP contribution < -0.4 is 10.0 Å². The molecule has 1 heterocycles. The zero-order valence-corrected chi connectivity index (χ0v) is 16.1. The van der Waals surface area contributed by atoms with E-state index in [2.05, 4.69) is 26.0 Å². The molecule has 1 amide bonds. The van der Waals surface area contributed by atoms with Gasteiger partial charge in [-0.15, -0.1) is 0 Å². The molecule has 2 aromatic carbocycles. The van der Waals surface area contributed by atoms with Crippen LogP contribution in [0.1, 0.15) is 16.1 Å². The predicted octanol–water partition coefficient (Wildman–Crippen LogP) is 4.40. The summed E-state index contributed by atoms with van der Waals surface area (Å²) in [5, 5.41) is 2.65. The molecule has 0 aliphatic carbocycles. The average Bonchev–Trinajstić information content (AvgIpc) is 3.12. The lowest BCUT2D eigenvalue weighted by Crippen LogP contribution is -2.14. The molecular weight excluding hydrogens is 420 g/mol. The summed E-state index contributed by atoms with van der Waals surface area (Å²) in [4.78, 5) is 12.2. The van der Waals surface area contributed by atoms with Crippen molar-refractivity contribution in [3.63, 3.8) is 0 Å². The fraction of sp³-hybridized carbons (Fsp3) is 0.0556. The highest BCUT2D eigenvalue weighted by Gasteiger charge is 2.16. The summed E-state index contributed by atoms with van der Waals surface area (Å²) in [6.07, 6.45) is 1.40. The maximum Gasteiger partial charge on any atom is 0.291 e. The molecule has 0 aliphatic heterocycles. The smallest absolute Gasteiger partial charge is 0.291 e. The van der Waals surface area contributed by atoms with Crippen molar-refractivity contribution in [2.24, 2.45) is 0 Å². The molecule has 0 saturated heterocycles. The summed E-state index contributed by atoms with van der Waals surface area (Å²) in [5.74, 6) is -0.250. The van der Waals surface area contributed by atoms with Gasteiger partial charge >= 0.3 is 0 Å². The molecule has 8 heteroatoms. The largest absolute Gasteiger partial charge is 0.459 e. The van der Waals surface area contributed by atoms with Gasteiger partial charge in [-0.05, 0) is 61.0 Å². The van der Waals surface area contributed by atoms with E-state index in [1.807, 2.05) is 6.92 Å². The lowest BCUT2D eigenvalue weighted by molar-refractivity contribution is 0.0996. The maximum absolute atomic E-state index is 12.6. The Bertz CT molecular complexity index is 1050. The van der Waals surface area contributed by atoms with Crippen LogP contribution in [0, 0.1) is 6.92 Å². The fourth-order valence-electron chi connectivity index (χ4n) is 2.26. The van der Waals surface area contributed by atoms with Crippen LogP contribution in [0.3, 0.4) is 0 Å². The second-order valence-corrected chi connectivity index (χ2v) is 8.07. The average molecular weight is 435 g/mol. The molecule has 0 aliphatic rings. The molecule has 134 valence electrons. The van der Waals surface area contributed by atoms with E-state index >= 15 is 0 Å². The molecule has 0 bridgehead atoms. The third kappa shape index (κ3) is 4.14. The normalized spacial score (nSPS) is 11.2. The summed E-state index contributed by atoms with van der Waals surface area (Å²) in [7, 11) is -3.74. The van der Waals surface area contributed by atoms with E-state index in [1.165, 1.54) is 24.5 Å². The number of furan rings is 1. The molecule has 6 nitrogen and oxygen atoms in total.